The molecule has 1 aliphatic heterocycles. The molecule has 0 fully saturated rings. The number of anilines is 1. The van der Waals surface area contributed by atoms with Crippen LogP contribution in [0.3, 0.4) is 0 Å². The smallest absolute Gasteiger partial charge is 0.288 e. The third-order valence-electron chi connectivity index (χ3n) is 5.39. The number of nitro benzene ring substituents is 1. The number of hydrogen-bond acceptors (Lipinski definition) is 3. The number of benzene rings is 2. The van der Waals surface area contributed by atoms with Crippen LogP contribution in [-0.2, 0) is 6.42 Å². The van der Waals surface area contributed by atoms with Crippen molar-refractivity contribution in [3.8, 4) is 0 Å². The number of halogens is 1. The molecule has 2 aromatic rings. The maximum Gasteiger partial charge on any atom is 0.288 e. The second-order valence-corrected chi connectivity index (χ2v) is 7.09. The maximum atomic E-state index is 11.3. The number of nitrogens with one attached hydrogen (secondary N) is 1. The largest absolute Gasteiger partial charge is 0.377 e. The summed E-state index contributed by atoms with van der Waals surface area (Å²) in [5.74, 6) is 0.711. The molecule has 1 heterocycles. The summed E-state index contributed by atoms with van der Waals surface area (Å²) in [5, 5.41) is 15.1. The van der Waals surface area contributed by atoms with Crippen LogP contribution in [-0.4, -0.2) is 4.92 Å². The fourth-order valence-corrected chi connectivity index (χ4v) is 4.36. The van der Waals surface area contributed by atoms with E-state index in [2.05, 4.69) is 42.6 Å². The topological polar surface area (TPSA) is 55.2 Å². The molecule has 25 heavy (non-hydrogen) atoms. The van der Waals surface area contributed by atoms with E-state index in [0.29, 0.717) is 11.8 Å². The summed E-state index contributed by atoms with van der Waals surface area (Å²) in [7, 11) is 0. The molecule has 1 N–H and O–H groups in total. The zero-order valence-electron chi connectivity index (χ0n) is 13.9. The van der Waals surface area contributed by atoms with Gasteiger partial charge >= 0.3 is 0 Å². The Kier molecular flexibility index (Phi) is 4.00. The lowest BCUT2D eigenvalue weighted by atomic mass is 9.76. The molecule has 0 radical (unpaired) electrons. The summed E-state index contributed by atoms with van der Waals surface area (Å²) in [6, 6.07) is 11.7. The normalized spacial score (nSPS) is 23.7. The Morgan fingerprint density at radius 3 is 2.92 bits per heavy atom. The molecule has 0 aromatic heterocycles. The zero-order chi connectivity index (χ0) is 17.6. The van der Waals surface area contributed by atoms with Crippen LogP contribution in [0.2, 0.25) is 5.02 Å². The highest BCUT2D eigenvalue weighted by molar-refractivity contribution is 6.32. The van der Waals surface area contributed by atoms with E-state index in [-0.39, 0.29) is 16.8 Å². The van der Waals surface area contributed by atoms with Crippen molar-refractivity contribution >= 4 is 23.0 Å². The predicted octanol–water partition coefficient (Wildman–Crippen LogP) is 5.64. The minimum atomic E-state index is -0.412. The number of nitro groups is 1. The van der Waals surface area contributed by atoms with E-state index in [0.717, 1.165) is 18.4 Å². The molecule has 0 spiro atoms. The van der Waals surface area contributed by atoms with Gasteiger partial charge in [-0.15, -0.1) is 0 Å². The second kappa shape index (κ2) is 6.19. The first-order valence-electron chi connectivity index (χ1n) is 8.59. The van der Waals surface area contributed by atoms with Gasteiger partial charge in [-0.05, 0) is 41.5 Å². The lowest BCUT2D eigenvalue weighted by molar-refractivity contribution is -0.384. The van der Waals surface area contributed by atoms with Gasteiger partial charge < -0.3 is 5.32 Å². The highest BCUT2D eigenvalue weighted by atomic mass is 35.5. The average Bonchev–Trinajstić information content (AvgIpc) is 3.10. The minimum Gasteiger partial charge on any atom is -0.377 e. The maximum absolute atomic E-state index is 11.3. The first kappa shape index (κ1) is 16.2. The molecule has 1 aliphatic carbocycles. The minimum absolute atomic E-state index is 0.0296. The molecule has 0 saturated heterocycles. The van der Waals surface area contributed by atoms with Crippen molar-refractivity contribution in [1.29, 1.82) is 0 Å². The molecule has 4 rings (SSSR count). The Balaban J connectivity index is 1.81. The van der Waals surface area contributed by atoms with Crippen LogP contribution in [0, 0.1) is 16.0 Å². The molecule has 5 heteroatoms. The summed E-state index contributed by atoms with van der Waals surface area (Å²) in [4.78, 5) is 10.9. The van der Waals surface area contributed by atoms with Crippen LogP contribution in [0.25, 0.3) is 0 Å². The SMILES string of the molecule is CCc1cccc2c1N[C@H](c1ccc(Cl)c([N+](=O)[O-])c1)[C@H]1CC=C[C@@H]21. The number of nitrogens with zero attached hydrogens (tertiary/aromatic N) is 1. The molecule has 128 valence electrons. The van der Waals surface area contributed by atoms with E-state index in [4.69, 9.17) is 11.6 Å². The van der Waals surface area contributed by atoms with Crippen LogP contribution in [0.15, 0.2) is 48.6 Å². The van der Waals surface area contributed by atoms with E-state index in [1.54, 1.807) is 12.1 Å². The molecule has 0 bridgehead atoms. The van der Waals surface area contributed by atoms with Crippen LogP contribution in [0.4, 0.5) is 11.4 Å². The van der Waals surface area contributed by atoms with Crippen molar-refractivity contribution in [2.24, 2.45) is 5.92 Å². The van der Waals surface area contributed by atoms with Gasteiger partial charge in [0.05, 0.1) is 11.0 Å². The van der Waals surface area contributed by atoms with Crippen molar-refractivity contribution in [3.63, 3.8) is 0 Å². The first-order valence-corrected chi connectivity index (χ1v) is 8.96. The third-order valence-corrected chi connectivity index (χ3v) is 5.71. The quantitative estimate of drug-likeness (QED) is 0.441. The molecule has 0 saturated carbocycles. The van der Waals surface area contributed by atoms with E-state index in [9.17, 15) is 10.1 Å². The second-order valence-electron chi connectivity index (χ2n) is 6.68. The molecule has 0 unspecified atom stereocenters. The van der Waals surface area contributed by atoms with E-state index >= 15 is 0 Å². The number of aryl methyl sites for hydroxylation is 1. The fraction of sp³-hybridized carbons (Fsp3) is 0.300. The highest BCUT2D eigenvalue weighted by Crippen LogP contribution is 2.51. The van der Waals surface area contributed by atoms with Gasteiger partial charge in [0, 0.05) is 17.7 Å². The number of hydrogen-bond donors (Lipinski definition) is 1. The van der Waals surface area contributed by atoms with Gasteiger partial charge in [-0.2, -0.15) is 0 Å². The monoisotopic (exact) mass is 354 g/mol. The van der Waals surface area contributed by atoms with Crippen LogP contribution >= 0.6 is 11.6 Å². The van der Waals surface area contributed by atoms with E-state index in [1.807, 2.05) is 6.07 Å². The van der Waals surface area contributed by atoms with Crippen molar-refractivity contribution in [3.05, 3.63) is 80.4 Å². The number of para-hydroxylation sites is 1. The van der Waals surface area contributed by atoms with Gasteiger partial charge in [-0.25, -0.2) is 0 Å². The van der Waals surface area contributed by atoms with Gasteiger partial charge in [-0.3, -0.25) is 10.1 Å². The average molecular weight is 355 g/mol. The van der Waals surface area contributed by atoms with Crippen molar-refractivity contribution in [2.45, 2.75) is 31.7 Å². The molecule has 2 aromatic carbocycles. The van der Waals surface area contributed by atoms with Gasteiger partial charge in [0.15, 0.2) is 0 Å². The third kappa shape index (κ3) is 2.61. The number of rotatable bonds is 3. The summed E-state index contributed by atoms with van der Waals surface area (Å²) >= 11 is 6.00. The molecule has 4 nitrogen and oxygen atoms in total. The predicted molar refractivity (Wildman–Crippen MR) is 100 cm³/mol. The first-order chi connectivity index (χ1) is 12.1. The Labute approximate surface area is 151 Å². The van der Waals surface area contributed by atoms with Crippen molar-refractivity contribution < 1.29 is 4.92 Å². The fourth-order valence-electron chi connectivity index (χ4n) is 4.17. The standard InChI is InChI=1S/C20H19ClN2O2/c1-2-12-5-3-7-15-14-6-4-8-16(14)20(22-19(12)15)13-9-10-17(21)18(11-13)23(24)25/h3-7,9-11,14,16,20,22H,2,8H2,1H3/t14-,16-,20+/m0/s1. The van der Waals surface area contributed by atoms with Crippen molar-refractivity contribution in [1.82, 2.24) is 0 Å². The Hall–Kier alpha value is -2.33. The Morgan fingerprint density at radius 2 is 2.16 bits per heavy atom. The van der Waals surface area contributed by atoms with Gasteiger partial charge in [0.1, 0.15) is 5.02 Å². The van der Waals surface area contributed by atoms with Gasteiger partial charge in [-0.1, -0.05) is 54.9 Å². The number of allylic oxidation sites excluding steroid dienone is 2. The van der Waals surface area contributed by atoms with Crippen LogP contribution in [0.1, 0.15) is 42.0 Å². The highest BCUT2D eigenvalue weighted by Gasteiger charge is 2.38. The van der Waals surface area contributed by atoms with E-state index < -0.39 is 4.92 Å². The molecule has 3 atom stereocenters. The summed E-state index contributed by atoms with van der Waals surface area (Å²) < 4.78 is 0. The van der Waals surface area contributed by atoms with Crippen LogP contribution < -0.4 is 5.32 Å². The van der Waals surface area contributed by atoms with Gasteiger partial charge in [0.25, 0.3) is 5.69 Å². The Morgan fingerprint density at radius 1 is 1.32 bits per heavy atom. The van der Waals surface area contributed by atoms with Crippen molar-refractivity contribution in [2.75, 3.05) is 5.32 Å². The summed E-state index contributed by atoms with van der Waals surface area (Å²) in [6.45, 7) is 2.15. The molecule has 0 amide bonds. The Bertz CT molecular complexity index is 878. The molecular weight excluding hydrogens is 336 g/mol. The summed E-state index contributed by atoms with van der Waals surface area (Å²) in [5.41, 5.74) is 4.69. The lowest BCUT2D eigenvalue weighted by Crippen LogP contribution is -2.29. The molecule has 2 aliphatic rings. The number of fused-ring (bicyclic) bond motifs is 3. The lowest BCUT2D eigenvalue weighted by Gasteiger charge is -2.38. The van der Waals surface area contributed by atoms with Gasteiger partial charge in [0.2, 0.25) is 0 Å². The van der Waals surface area contributed by atoms with Crippen LogP contribution in [0.5, 0.6) is 0 Å². The molecular formula is C20H19ClN2O2. The zero-order valence-corrected chi connectivity index (χ0v) is 14.7. The summed E-state index contributed by atoms with van der Waals surface area (Å²) in [6.07, 6.45) is 6.42. The van der Waals surface area contributed by atoms with E-state index in [1.165, 1.54) is 16.8 Å².